The van der Waals surface area contributed by atoms with Gasteiger partial charge in [-0.3, -0.25) is 9.59 Å². The third-order valence-electron chi connectivity index (χ3n) is 3.51. The Morgan fingerprint density at radius 1 is 1.00 bits per heavy atom. The Balaban J connectivity index is 1.95. The molecule has 0 saturated carbocycles. The molecule has 1 aromatic rings. The molecular weight excluding hydrogens is 315 g/mol. The summed E-state index contributed by atoms with van der Waals surface area (Å²) in [5.74, 6) is -0.377. The predicted molar refractivity (Wildman–Crippen MR) is 80.4 cm³/mol. The molecule has 0 atom stereocenters. The zero-order valence-electron chi connectivity index (χ0n) is 11.4. The molecule has 0 unspecified atom stereocenters. The number of hydrogen-bond donors (Lipinski definition) is 1. The topological polar surface area (TPSA) is 60.9 Å². The maximum absolute atomic E-state index is 12.3. The zero-order valence-corrected chi connectivity index (χ0v) is 12.9. The van der Waals surface area contributed by atoms with Gasteiger partial charge in [-0.15, -0.1) is 0 Å². The standard InChI is InChI=1S/C14H16Cl2N2O3/c15-11-2-1-3-12(16)10(11)8-13(20)17-4-6-18(7-5-17)14(21)9-19/h1-3,19H,4-9H2. The second-order valence-electron chi connectivity index (χ2n) is 4.80. The molecule has 2 rings (SSSR count). The van der Waals surface area contributed by atoms with Crippen LogP contribution in [-0.2, 0) is 16.0 Å². The Labute approximate surface area is 133 Å². The third kappa shape index (κ3) is 3.87. The number of nitrogens with zero attached hydrogens (tertiary/aromatic N) is 2. The summed E-state index contributed by atoms with van der Waals surface area (Å²) in [6, 6.07) is 5.14. The quantitative estimate of drug-likeness (QED) is 0.905. The highest BCUT2D eigenvalue weighted by Gasteiger charge is 2.24. The Morgan fingerprint density at radius 2 is 1.48 bits per heavy atom. The normalized spacial score (nSPS) is 15.2. The molecule has 0 aliphatic carbocycles. The molecule has 1 fully saturated rings. The number of benzene rings is 1. The van der Waals surface area contributed by atoms with Crippen molar-refractivity contribution in [1.82, 2.24) is 9.80 Å². The number of hydrogen-bond acceptors (Lipinski definition) is 3. The van der Waals surface area contributed by atoms with Gasteiger partial charge in [0.25, 0.3) is 0 Å². The van der Waals surface area contributed by atoms with Gasteiger partial charge in [-0.1, -0.05) is 29.3 Å². The molecule has 0 radical (unpaired) electrons. The number of carbonyl (C=O) groups is 2. The van der Waals surface area contributed by atoms with Crippen LogP contribution < -0.4 is 0 Å². The van der Waals surface area contributed by atoms with Crippen LogP contribution in [0, 0.1) is 0 Å². The molecule has 1 saturated heterocycles. The van der Waals surface area contributed by atoms with Crippen LogP contribution in [0.2, 0.25) is 10.0 Å². The molecular formula is C14H16Cl2N2O3. The van der Waals surface area contributed by atoms with Gasteiger partial charge in [0, 0.05) is 36.2 Å². The fourth-order valence-corrected chi connectivity index (χ4v) is 2.80. The molecule has 1 aliphatic heterocycles. The van der Waals surface area contributed by atoms with Gasteiger partial charge in [0.1, 0.15) is 6.61 Å². The summed E-state index contributed by atoms with van der Waals surface area (Å²) in [5, 5.41) is 9.77. The van der Waals surface area contributed by atoms with Crippen molar-refractivity contribution < 1.29 is 14.7 Å². The summed E-state index contributed by atoms with van der Waals surface area (Å²) < 4.78 is 0. The first-order chi connectivity index (χ1) is 10.0. The summed E-state index contributed by atoms with van der Waals surface area (Å²) in [5.41, 5.74) is 0.625. The van der Waals surface area contributed by atoms with Gasteiger partial charge in [-0.2, -0.15) is 0 Å². The van der Waals surface area contributed by atoms with Gasteiger partial charge >= 0.3 is 0 Å². The first-order valence-electron chi connectivity index (χ1n) is 6.62. The summed E-state index contributed by atoms with van der Waals surface area (Å²) >= 11 is 12.1. The molecule has 21 heavy (non-hydrogen) atoms. The van der Waals surface area contributed by atoms with E-state index in [4.69, 9.17) is 28.3 Å². The van der Waals surface area contributed by atoms with E-state index in [9.17, 15) is 9.59 Å². The van der Waals surface area contributed by atoms with Crippen molar-refractivity contribution in [3.05, 3.63) is 33.8 Å². The van der Waals surface area contributed by atoms with E-state index >= 15 is 0 Å². The van der Waals surface area contributed by atoms with Crippen LogP contribution in [0.4, 0.5) is 0 Å². The minimum absolute atomic E-state index is 0.0684. The number of halogens is 2. The molecule has 7 heteroatoms. The fraction of sp³-hybridized carbons (Fsp3) is 0.429. The van der Waals surface area contributed by atoms with E-state index in [1.165, 1.54) is 0 Å². The summed E-state index contributed by atoms with van der Waals surface area (Å²) in [4.78, 5) is 26.9. The Kier molecular flexibility index (Phi) is 5.45. The average Bonchev–Trinajstić information content (AvgIpc) is 2.50. The molecule has 1 heterocycles. The van der Waals surface area contributed by atoms with Crippen LogP contribution in [0.3, 0.4) is 0 Å². The van der Waals surface area contributed by atoms with Gasteiger partial charge in [-0.05, 0) is 17.7 Å². The molecule has 5 nitrogen and oxygen atoms in total. The lowest BCUT2D eigenvalue weighted by Gasteiger charge is -2.34. The van der Waals surface area contributed by atoms with Crippen LogP contribution in [-0.4, -0.2) is 59.5 Å². The predicted octanol–water partition coefficient (Wildman–Crippen LogP) is 1.20. The number of rotatable bonds is 3. The van der Waals surface area contributed by atoms with Crippen LogP contribution in [0.15, 0.2) is 18.2 Å². The number of amides is 2. The monoisotopic (exact) mass is 330 g/mol. The van der Waals surface area contributed by atoms with Crippen LogP contribution in [0.1, 0.15) is 5.56 Å². The summed E-state index contributed by atoms with van der Waals surface area (Å²) in [6.07, 6.45) is 0.145. The Bertz CT molecular complexity index is 523. The zero-order chi connectivity index (χ0) is 15.4. The van der Waals surface area contributed by atoms with Gasteiger partial charge in [0.05, 0.1) is 6.42 Å². The van der Waals surface area contributed by atoms with Gasteiger partial charge in [0.15, 0.2) is 0 Å². The minimum atomic E-state index is -0.497. The first kappa shape index (κ1) is 16.1. The van der Waals surface area contributed by atoms with Crippen molar-refractivity contribution in [2.75, 3.05) is 32.8 Å². The molecule has 2 amide bonds. The highest BCUT2D eigenvalue weighted by atomic mass is 35.5. The lowest BCUT2D eigenvalue weighted by molar-refractivity contribution is -0.140. The molecule has 114 valence electrons. The number of carbonyl (C=O) groups excluding carboxylic acids is 2. The molecule has 1 N–H and O–H groups in total. The van der Waals surface area contributed by atoms with E-state index < -0.39 is 6.61 Å². The Hall–Kier alpha value is -1.30. The maximum atomic E-state index is 12.3. The smallest absolute Gasteiger partial charge is 0.248 e. The van der Waals surface area contributed by atoms with E-state index in [1.54, 1.807) is 28.0 Å². The third-order valence-corrected chi connectivity index (χ3v) is 4.22. The fourth-order valence-electron chi connectivity index (χ4n) is 2.27. The van der Waals surface area contributed by atoms with Gasteiger partial charge < -0.3 is 14.9 Å². The summed E-state index contributed by atoms with van der Waals surface area (Å²) in [7, 11) is 0. The summed E-state index contributed by atoms with van der Waals surface area (Å²) in [6.45, 7) is 1.27. The second-order valence-corrected chi connectivity index (χ2v) is 5.61. The van der Waals surface area contributed by atoms with E-state index in [0.29, 0.717) is 41.8 Å². The van der Waals surface area contributed by atoms with E-state index in [0.717, 1.165) is 0 Å². The van der Waals surface area contributed by atoms with Crippen molar-refractivity contribution in [3.63, 3.8) is 0 Å². The van der Waals surface area contributed by atoms with Crippen molar-refractivity contribution in [3.8, 4) is 0 Å². The highest BCUT2D eigenvalue weighted by Crippen LogP contribution is 2.25. The van der Waals surface area contributed by atoms with E-state index in [2.05, 4.69) is 0 Å². The molecule has 1 aliphatic rings. The van der Waals surface area contributed by atoms with Crippen molar-refractivity contribution in [1.29, 1.82) is 0 Å². The molecule has 0 spiro atoms. The largest absolute Gasteiger partial charge is 0.387 e. The van der Waals surface area contributed by atoms with Crippen molar-refractivity contribution in [2.45, 2.75) is 6.42 Å². The van der Waals surface area contributed by atoms with Crippen molar-refractivity contribution in [2.24, 2.45) is 0 Å². The van der Waals surface area contributed by atoms with Gasteiger partial charge in [-0.25, -0.2) is 0 Å². The van der Waals surface area contributed by atoms with Crippen LogP contribution in [0.25, 0.3) is 0 Å². The lowest BCUT2D eigenvalue weighted by atomic mass is 10.1. The van der Waals surface area contributed by atoms with Crippen LogP contribution in [0.5, 0.6) is 0 Å². The van der Waals surface area contributed by atoms with E-state index in [-0.39, 0.29) is 18.2 Å². The Morgan fingerprint density at radius 3 is 1.95 bits per heavy atom. The molecule has 1 aromatic carbocycles. The number of aliphatic hydroxyl groups is 1. The van der Waals surface area contributed by atoms with Crippen molar-refractivity contribution >= 4 is 35.0 Å². The van der Waals surface area contributed by atoms with Gasteiger partial charge in [0.2, 0.25) is 11.8 Å². The SMILES string of the molecule is O=C(CO)N1CCN(C(=O)Cc2c(Cl)cccc2Cl)CC1. The molecule has 0 bridgehead atoms. The maximum Gasteiger partial charge on any atom is 0.248 e. The highest BCUT2D eigenvalue weighted by molar-refractivity contribution is 6.36. The lowest BCUT2D eigenvalue weighted by Crippen LogP contribution is -2.51. The number of aliphatic hydroxyl groups excluding tert-OH is 1. The second kappa shape index (κ2) is 7.11. The molecule has 0 aromatic heterocycles. The minimum Gasteiger partial charge on any atom is -0.387 e. The first-order valence-corrected chi connectivity index (χ1v) is 7.38. The van der Waals surface area contributed by atoms with Crippen LogP contribution >= 0.6 is 23.2 Å². The number of piperazine rings is 1. The average molecular weight is 331 g/mol. The van der Waals surface area contributed by atoms with E-state index in [1.807, 2.05) is 0 Å².